The lowest BCUT2D eigenvalue weighted by Crippen LogP contribution is -2.45. The molecule has 1 aliphatic heterocycles. The van der Waals surface area contributed by atoms with Crippen LogP contribution >= 0.6 is 11.6 Å². The third-order valence-corrected chi connectivity index (χ3v) is 6.46. The third kappa shape index (κ3) is 5.07. The minimum absolute atomic E-state index is 0.317. The van der Waals surface area contributed by atoms with Gasteiger partial charge in [-0.1, -0.05) is 36.6 Å². The molecule has 4 rings (SSSR count). The van der Waals surface area contributed by atoms with Crippen molar-refractivity contribution in [2.24, 2.45) is 11.8 Å². The van der Waals surface area contributed by atoms with Crippen LogP contribution < -0.4 is 10.1 Å². The van der Waals surface area contributed by atoms with Crippen molar-refractivity contribution >= 4 is 41.0 Å². The number of imide groups is 1. The number of fused-ring (bicyclic) bond motifs is 1. The van der Waals surface area contributed by atoms with E-state index in [1.165, 1.54) is 6.92 Å². The van der Waals surface area contributed by atoms with Gasteiger partial charge in [0.15, 0.2) is 6.61 Å². The molecule has 2 aromatic carbocycles. The Morgan fingerprint density at radius 2 is 1.65 bits per heavy atom. The Morgan fingerprint density at radius 1 is 1.03 bits per heavy atom. The van der Waals surface area contributed by atoms with Crippen molar-refractivity contribution in [1.82, 2.24) is 4.90 Å². The molecule has 3 amide bonds. The molecule has 2 unspecified atom stereocenters. The molecule has 8 nitrogen and oxygen atoms in total. The van der Waals surface area contributed by atoms with Crippen LogP contribution in [-0.4, -0.2) is 41.2 Å². The number of nitrogens with zero attached hydrogens (tertiary/aromatic N) is 1. The number of para-hydroxylation sites is 1. The number of benzene rings is 2. The van der Waals surface area contributed by atoms with Gasteiger partial charge >= 0.3 is 5.97 Å². The SMILES string of the molecule is C[C@@H](C(=O)OCC(=O)Nc1ccc(Oc2ccccc2Cl)cc1)N1C(=O)C2CCCCC2C1=O. The van der Waals surface area contributed by atoms with Crippen LogP contribution in [0.1, 0.15) is 32.6 Å². The van der Waals surface area contributed by atoms with Crippen LogP contribution in [0.2, 0.25) is 5.02 Å². The summed E-state index contributed by atoms with van der Waals surface area (Å²) in [5.74, 6) is -1.62. The summed E-state index contributed by atoms with van der Waals surface area (Å²) in [5, 5.41) is 3.10. The number of rotatable bonds is 7. The molecule has 0 bridgehead atoms. The smallest absolute Gasteiger partial charge is 0.329 e. The fourth-order valence-electron chi connectivity index (χ4n) is 4.39. The van der Waals surface area contributed by atoms with E-state index in [9.17, 15) is 19.2 Å². The molecule has 1 aliphatic carbocycles. The van der Waals surface area contributed by atoms with Gasteiger partial charge in [-0.2, -0.15) is 0 Å². The number of amides is 3. The summed E-state index contributed by atoms with van der Waals surface area (Å²) in [6.45, 7) is 0.912. The second-order valence-corrected chi connectivity index (χ2v) is 8.84. The van der Waals surface area contributed by atoms with E-state index in [0.717, 1.165) is 17.7 Å². The third-order valence-electron chi connectivity index (χ3n) is 6.15. The van der Waals surface area contributed by atoms with Crippen LogP contribution in [0, 0.1) is 11.8 Å². The number of carbonyl (C=O) groups is 4. The highest BCUT2D eigenvalue weighted by Gasteiger charge is 2.51. The summed E-state index contributed by atoms with van der Waals surface area (Å²) in [5.41, 5.74) is 0.481. The lowest BCUT2D eigenvalue weighted by molar-refractivity contribution is -0.159. The van der Waals surface area contributed by atoms with Crippen LogP contribution in [0.4, 0.5) is 5.69 Å². The highest BCUT2D eigenvalue weighted by Crippen LogP contribution is 2.39. The molecular formula is C25H25ClN2O6. The quantitative estimate of drug-likeness (QED) is 0.467. The average molecular weight is 485 g/mol. The van der Waals surface area contributed by atoms with Crippen molar-refractivity contribution in [2.75, 3.05) is 11.9 Å². The van der Waals surface area contributed by atoms with E-state index in [1.54, 1.807) is 48.5 Å². The number of hydrogen-bond donors (Lipinski definition) is 1. The Bertz CT molecular complexity index is 1080. The standard InChI is InChI=1S/C25H25ClN2O6/c1-15(28-23(30)18-6-2-3-7-19(18)24(28)31)25(32)33-14-22(29)27-16-10-12-17(13-11-16)34-21-9-5-4-8-20(21)26/h4-5,8-13,15,18-19H,2-3,6-7,14H2,1H3,(H,27,29)/t15-,18?,19?/m0/s1. The van der Waals surface area contributed by atoms with Gasteiger partial charge in [0.1, 0.15) is 17.5 Å². The maximum Gasteiger partial charge on any atom is 0.329 e. The van der Waals surface area contributed by atoms with E-state index in [4.69, 9.17) is 21.1 Å². The predicted molar refractivity (Wildman–Crippen MR) is 124 cm³/mol. The van der Waals surface area contributed by atoms with Crippen molar-refractivity contribution in [2.45, 2.75) is 38.6 Å². The van der Waals surface area contributed by atoms with Gasteiger partial charge in [-0.05, 0) is 56.2 Å². The van der Waals surface area contributed by atoms with Gasteiger partial charge < -0.3 is 14.8 Å². The molecule has 178 valence electrons. The van der Waals surface area contributed by atoms with Gasteiger partial charge in [0.25, 0.3) is 5.91 Å². The van der Waals surface area contributed by atoms with E-state index in [1.807, 2.05) is 0 Å². The zero-order valence-corrected chi connectivity index (χ0v) is 19.4. The molecule has 1 saturated carbocycles. The number of nitrogens with one attached hydrogen (secondary N) is 1. The Morgan fingerprint density at radius 3 is 2.26 bits per heavy atom. The van der Waals surface area contributed by atoms with Gasteiger partial charge in [0.2, 0.25) is 11.8 Å². The molecule has 2 aliphatic rings. The van der Waals surface area contributed by atoms with E-state index < -0.39 is 24.5 Å². The lowest BCUT2D eigenvalue weighted by atomic mass is 9.81. The second kappa shape index (κ2) is 10.3. The molecule has 1 saturated heterocycles. The topological polar surface area (TPSA) is 102 Å². The molecular weight excluding hydrogens is 460 g/mol. The average Bonchev–Trinajstić information content (AvgIpc) is 3.10. The van der Waals surface area contributed by atoms with E-state index in [0.29, 0.717) is 35.1 Å². The van der Waals surface area contributed by atoms with Gasteiger partial charge in [-0.15, -0.1) is 0 Å². The maximum absolute atomic E-state index is 12.6. The van der Waals surface area contributed by atoms with Gasteiger partial charge in [-0.25, -0.2) is 4.79 Å². The fraction of sp³-hybridized carbons (Fsp3) is 0.360. The fourth-order valence-corrected chi connectivity index (χ4v) is 4.56. The molecule has 34 heavy (non-hydrogen) atoms. The summed E-state index contributed by atoms with van der Waals surface area (Å²) < 4.78 is 10.8. The summed E-state index contributed by atoms with van der Waals surface area (Å²) in [6.07, 6.45) is 3.14. The molecule has 1 heterocycles. The van der Waals surface area contributed by atoms with Crippen LogP contribution in [-0.2, 0) is 23.9 Å². The number of anilines is 1. The molecule has 2 fully saturated rings. The number of ether oxygens (including phenoxy) is 2. The molecule has 1 N–H and O–H groups in total. The number of halogens is 1. The molecule has 0 aromatic heterocycles. The van der Waals surface area contributed by atoms with Crippen molar-refractivity contribution in [3.63, 3.8) is 0 Å². The minimum Gasteiger partial charge on any atom is -0.456 e. The molecule has 3 atom stereocenters. The van der Waals surface area contributed by atoms with Gasteiger partial charge in [0, 0.05) is 5.69 Å². The van der Waals surface area contributed by atoms with Crippen molar-refractivity contribution in [3.8, 4) is 11.5 Å². The predicted octanol–water partition coefficient (Wildman–Crippen LogP) is 4.18. The normalized spacial score (nSPS) is 20.5. The Hall–Kier alpha value is -3.39. The van der Waals surface area contributed by atoms with E-state index in [2.05, 4.69) is 5.32 Å². The minimum atomic E-state index is -1.07. The highest BCUT2D eigenvalue weighted by atomic mass is 35.5. The van der Waals surface area contributed by atoms with Crippen LogP contribution in [0.15, 0.2) is 48.5 Å². The summed E-state index contributed by atoms with van der Waals surface area (Å²) in [6, 6.07) is 12.6. The number of hydrogen-bond acceptors (Lipinski definition) is 6. The van der Waals surface area contributed by atoms with E-state index >= 15 is 0 Å². The van der Waals surface area contributed by atoms with Gasteiger partial charge in [-0.3, -0.25) is 19.3 Å². The Kier molecular flexibility index (Phi) is 7.17. The zero-order valence-electron chi connectivity index (χ0n) is 18.7. The first kappa shape index (κ1) is 23.8. The van der Waals surface area contributed by atoms with Gasteiger partial charge in [0.05, 0.1) is 16.9 Å². The zero-order chi connectivity index (χ0) is 24.2. The number of likely N-dealkylation sites (tertiary alicyclic amines) is 1. The van der Waals surface area contributed by atoms with Crippen LogP contribution in [0.5, 0.6) is 11.5 Å². The largest absolute Gasteiger partial charge is 0.456 e. The monoisotopic (exact) mass is 484 g/mol. The first-order valence-electron chi connectivity index (χ1n) is 11.2. The first-order valence-corrected chi connectivity index (χ1v) is 11.6. The van der Waals surface area contributed by atoms with Crippen LogP contribution in [0.25, 0.3) is 0 Å². The molecule has 0 radical (unpaired) electrons. The second-order valence-electron chi connectivity index (χ2n) is 8.43. The Balaban J connectivity index is 1.27. The van der Waals surface area contributed by atoms with Crippen molar-refractivity contribution in [1.29, 1.82) is 0 Å². The maximum atomic E-state index is 12.6. The highest BCUT2D eigenvalue weighted by molar-refractivity contribution is 6.32. The number of esters is 1. The van der Waals surface area contributed by atoms with Crippen molar-refractivity contribution in [3.05, 3.63) is 53.6 Å². The number of carbonyl (C=O) groups excluding carboxylic acids is 4. The lowest BCUT2D eigenvalue weighted by Gasteiger charge is -2.21. The summed E-state index contributed by atoms with van der Waals surface area (Å²) in [7, 11) is 0. The van der Waals surface area contributed by atoms with Crippen LogP contribution in [0.3, 0.4) is 0 Å². The summed E-state index contributed by atoms with van der Waals surface area (Å²) in [4.78, 5) is 51.0. The Labute approximate surface area is 202 Å². The molecule has 0 spiro atoms. The molecule has 9 heteroatoms. The first-order chi connectivity index (χ1) is 16.3. The molecule has 2 aromatic rings. The van der Waals surface area contributed by atoms with Crippen molar-refractivity contribution < 1.29 is 28.7 Å². The summed E-state index contributed by atoms with van der Waals surface area (Å²) >= 11 is 6.08. The van der Waals surface area contributed by atoms with E-state index in [-0.39, 0.29) is 23.7 Å².